The molecule has 0 aliphatic carbocycles. The maximum Gasteiger partial charge on any atom is 0.354 e. The molecule has 3 aromatic carbocycles. The molecule has 4 aromatic rings. The Balaban J connectivity index is 1.69. The predicted molar refractivity (Wildman–Crippen MR) is 116 cm³/mol. The van der Waals surface area contributed by atoms with Gasteiger partial charge in [0.25, 0.3) is 0 Å². The topological polar surface area (TPSA) is 59.4 Å². The van der Waals surface area contributed by atoms with Crippen LogP contribution in [-0.4, -0.2) is 16.1 Å². The molecule has 0 radical (unpaired) electrons. The Kier molecular flexibility index (Phi) is 5.40. The maximum atomic E-state index is 11.6. The van der Waals surface area contributed by atoms with E-state index < -0.39 is 5.97 Å². The summed E-state index contributed by atoms with van der Waals surface area (Å²) in [5.74, 6) is 0.404. The summed E-state index contributed by atoms with van der Waals surface area (Å²) in [5.41, 5.74) is 3.10. The molecule has 0 saturated carbocycles. The van der Waals surface area contributed by atoms with E-state index in [0.717, 1.165) is 26.9 Å². The van der Waals surface area contributed by atoms with Gasteiger partial charge in [-0.2, -0.15) is 0 Å². The molecule has 1 N–H and O–H groups in total. The number of para-hydroxylation sites is 1. The van der Waals surface area contributed by atoms with E-state index in [0.29, 0.717) is 11.4 Å². The number of ether oxygens (including phenoxy) is 1. The second-order valence-corrected chi connectivity index (χ2v) is 7.30. The number of aromatic carboxylic acids is 1. The highest BCUT2D eigenvalue weighted by molar-refractivity contribution is 9.10. The Morgan fingerprint density at radius 2 is 1.48 bits per heavy atom. The van der Waals surface area contributed by atoms with Crippen LogP contribution in [0.15, 0.2) is 95.5 Å². The smallest absolute Gasteiger partial charge is 0.354 e. The van der Waals surface area contributed by atoms with E-state index >= 15 is 0 Å². The third kappa shape index (κ3) is 4.52. The molecule has 1 aromatic heterocycles. The summed E-state index contributed by atoms with van der Waals surface area (Å²) in [6.07, 6.45) is 0. The first-order valence-electron chi connectivity index (χ1n) is 8.93. The van der Waals surface area contributed by atoms with Crippen LogP contribution in [0.25, 0.3) is 22.4 Å². The summed E-state index contributed by atoms with van der Waals surface area (Å²) >= 11 is 3.45. The molecule has 29 heavy (non-hydrogen) atoms. The molecule has 4 nitrogen and oxygen atoms in total. The van der Waals surface area contributed by atoms with Crippen molar-refractivity contribution in [2.75, 3.05) is 0 Å². The number of rotatable bonds is 5. The van der Waals surface area contributed by atoms with Crippen LogP contribution in [0, 0.1) is 0 Å². The van der Waals surface area contributed by atoms with Gasteiger partial charge in [-0.25, -0.2) is 9.78 Å². The fourth-order valence-corrected chi connectivity index (χ4v) is 3.34. The van der Waals surface area contributed by atoms with Gasteiger partial charge in [0.1, 0.15) is 17.2 Å². The number of hydrogen-bond acceptors (Lipinski definition) is 3. The van der Waals surface area contributed by atoms with Crippen LogP contribution in [0.1, 0.15) is 10.5 Å². The molecule has 0 spiro atoms. The number of halogens is 1. The summed E-state index contributed by atoms with van der Waals surface area (Å²) in [4.78, 5) is 15.9. The van der Waals surface area contributed by atoms with Crippen molar-refractivity contribution in [1.82, 2.24) is 4.98 Å². The van der Waals surface area contributed by atoms with Gasteiger partial charge in [0.15, 0.2) is 0 Å². The Bertz CT molecular complexity index is 1160. The number of hydrogen-bond donors (Lipinski definition) is 1. The molecule has 0 bridgehead atoms. The zero-order valence-corrected chi connectivity index (χ0v) is 16.8. The first kappa shape index (κ1) is 18.9. The second kappa shape index (κ2) is 8.29. The minimum atomic E-state index is -1.06. The summed E-state index contributed by atoms with van der Waals surface area (Å²) < 4.78 is 6.73. The van der Waals surface area contributed by atoms with Gasteiger partial charge in [-0.15, -0.1) is 0 Å². The van der Waals surface area contributed by atoms with Crippen LogP contribution in [0.3, 0.4) is 0 Å². The van der Waals surface area contributed by atoms with Gasteiger partial charge in [-0.05, 0) is 59.7 Å². The number of pyridine rings is 1. The molecule has 4 rings (SSSR count). The highest BCUT2D eigenvalue weighted by Crippen LogP contribution is 2.30. The van der Waals surface area contributed by atoms with Crippen LogP contribution >= 0.6 is 15.9 Å². The third-order valence-electron chi connectivity index (χ3n) is 4.33. The zero-order valence-electron chi connectivity index (χ0n) is 15.2. The van der Waals surface area contributed by atoms with Gasteiger partial charge in [0, 0.05) is 10.0 Å². The van der Waals surface area contributed by atoms with E-state index in [1.54, 1.807) is 6.07 Å². The molecule has 1 heterocycles. The van der Waals surface area contributed by atoms with E-state index in [4.69, 9.17) is 4.74 Å². The minimum Gasteiger partial charge on any atom is -0.477 e. The largest absolute Gasteiger partial charge is 0.477 e. The summed E-state index contributed by atoms with van der Waals surface area (Å²) in [6, 6.07) is 28.2. The summed E-state index contributed by atoms with van der Waals surface area (Å²) in [7, 11) is 0. The highest BCUT2D eigenvalue weighted by Gasteiger charge is 2.12. The number of carboxylic acid groups (broad SMARTS) is 1. The molecular formula is C24H16BrNO3. The SMILES string of the molecule is O=C(O)c1cc(-c2ccc(Oc3ccccc3)cc2)cc(-c2cccc(Br)c2)n1. The first-order chi connectivity index (χ1) is 14.1. The number of carboxylic acids is 1. The normalized spacial score (nSPS) is 10.5. The van der Waals surface area contributed by atoms with Crippen LogP contribution in [0.4, 0.5) is 0 Å². The molecular weight excluding hydrogens is 430 g/mol. The fourth-order valence-electron chi connectivity index (χ4n) is 2.94. The van der Waals surface area contributed by atoms with Crippen LogP contribution in [0.5, 0.6) is 11.5 Å². The van der Waals surface area contributed by atoms with Gasteiger partial charge < -0.3 is 9.84 Å². The number of benzene rings is 3. The summed E-state index contributed by atoms with van der Waals surface area (Å²) in [6.45, 7) is 0. The maximum absolute atomic E-state index is 11.6. The van der Waals surface area contributed by atoms with Crippen molar-refractivity contribution in [3.63, 3.8) is 0 Å². The minimum absolute atomic E-state index is 0.00193. The molecule has 0 saturated heterocycles. The second-order valence-electron chi connectivity index (χ2n) is 6.38. The molecule has 0 unspecified atom stereocenters. The van der Waals surface area contributed by atoms with Crippen molar-refractivity contribution in [3.8, 4) is 33.9 Å². The molecule has 0 fully saturated rings. The lowest BCUT2D eigenvalue weighted by Crippen LogP contribution is -2.02. The van der Waals surface area contributed by atoms with E-state index in [9.17, 15) is 9.90 Å². The lowest BCUT2D eigenvalue weighted by atomic mass is 10.0. The standard InChI is InChI=1S/C24H16BrNO3/c25-19-6-4-5-17(13-19)22-14-18(15-23(26-22)24(27)28)16-9-11-21(12-10-16)29-20-7-2-1-3-8-20/h1-15H,(H,27,28). The van der Waals surface area contributed by atoms with Crippen molar-refractivity contribution in [3.05, 3.63) is 101 Å². The van der Waals surface area contributed by atoms with Crippen molar-refractivity contribution >= 4 is 21.9 Å². The quantitative estimate of drug-likeness (QED) is 0.372. The number of carbonyl (C=O) groups is 1. The molecule has 142 valence electrons. The first-order valence-corrected chi connectivity index (χ1v) is 9.72. The Morgan fingerprint density at radius 3 is 2.17 bits per heavy atom. The average molecular weight is 446 g/mol. The third-order valence-corrected chi connectivity index (χ3v) is 4.82. The lowest BCUT2D eigenvalue weighted by molar-refractivity contribution is 0.0690. The molecule has 0 aliphatic rings. The predicted octanol–water partition coefficient (Wildman–Crippen LogP) is 6.67. The molecule has 0 aliphatic heterocycles. The van der Waals surface area contributed by atoms with Crippen LogP contribution in [0.2, 0.25) is 0 Å². The van der Waals surface area contributed by atoms with E-state index in [2.05, 4.69) is 20.9 Å². The van der Waals surface area contributed by atoms with Crippen LogP contribution in [-0.2, 0) is 0 Å². The number of nitrogens with zero attached hydrogens (tertiary/aromatic N) is 1. The van der Waals surface area contributed by atoms with Crippen molar-refractivity contribution in [2.45, 2.75) is 0 Å². The lowest BCUT2D eigenvalue weighted by Gasteiger charge is -2.10. The van der Waals surface area contributed by atoms with Crippen LogP contribution < -0.4 is 4.74 Å². The average Bonchev–Trinajstić information content (AvgIpc) is 2.75. The van der Waals surface area contributed by atoms with Gasteiger partial charge in [-0.3, -0.25) is 0 Å². The van der Waals surface area contributed by atoms with Crippen molar-refractivity contribution in [2.24, 2.45) is 0 Å². The van der Waals surface area contributed by atoms with E-state index in [1.165, 1.54) is 0 Å². The van der Waals surface area contributed by atoms with Gasteiger partial charge in [0.05, 0.1) is 5.69 Å². The Hall–Kier alpha value is -3.44. The molecule has 0 amide bonds. The zero-order chi connectivity index (χ0) is 20.2. The van der Waals surface area contributed by atoms with Crippen molar-refractivity contribution < 1.29 is 14.6 Å². The molecule has 0 atom stereocenters. The summed E-state index contributed by atoms with van der Waals surface area (Å²) in [5, 5.41) is 9.50. The van der Waals surface area contributed by atoms with Gasteiger partial charge in [0.2, 0.25) is 0 Å². The van der Waals surface area contributed by atoms with E-state index in [1.807, 2.05) is 84.9 Å². The Labute approximate surface area is 176 Å². The highest BCUT2D eigenvalue weighted by atomic mass is 79.9. The van der Waals surface area contributed by atoms with Gasteiger partial charge >= 0.3 is 5.97 Å². The molecule has 5 heteroatoms. The number of aromatic nitrogens is 1. The Morgan fingerprint density at radius 1 is 0.759 bits per heavy atom. The van der Waals surface area contributed by atoms with Gasteiger partial charge in [-0.1, -0.05) is 58.4 Å². The fraction of sp³-hybridized carbons (Fsp3) is 0. The monoisotopic (exact) mass is 445 g/mol. The van der Waals surface area contributed by atoms with E-state index in [-0.39, 0.29) is 5.69 Å². The van der Waals surface area contributed by atoms with Crippen molar-refractivity contribution in [1.29, 1.82) is 0 Å².